The first-order valence-corrected chi connectivity index (χ1v) is 7.01. The molecule has 0 saturated heterocycles. The molecule has 1 aliphatic carbocycles. The number of aromatic nitrogens is 2. The lowest BCUT2D eigenvalue weighted by Gasteiger charge is -2.15. The molecule has 0 radical (unpaired) electrons. The van der Waals surface area contributed by atoms with E-state index in [2.05, 4.69) is 21.9 Å². The fourth-order valence-electron chi connectivity index (χ4n) is 1.77. The monoisotopic (exact) mass is 285 g/mol. The van der Waals surface area contributed by atoms with Crippen molar-refractivity contribution >= 4 is 11.6 Å². The van der Waals surface area contributed by atoms with Gasteiger partial charge in [-0.1, -0.05) is 11.6 Å². The third kappa shape index (κ3) is 4.93. The van der Waals surface area contributed by atoms with Gasteiger partial charge in [-0.15, -0.1) is 0 Å². The van der Waals surface area contributed by atoms with E-state index in [1.54, 1.807) is 6.07 Å². The summed E-state index contributed by atoms with van der Waals surface area (Å²) in [4.78, 5) is 10.7. The van der Waals surface area contributed by atoms with Crippen LogP contribution in [0.3, 0.4) is 0 Å². The molecule has 1 aromatic rings. The summed E-state index contributed by atoms with van der Waals surface area (Å²) in [6.07, 6.45) is 2.60. The van der Waals surface area contributed by atoms with E-state index in [4.69, 9.17) is 21.1 Å². The van der Waals surface area contributed by atoms with Crippen LogP contribution in [0, 0.1) is 0 Å². The fraction of sp³-hybridized carbons (Fsp3) is 0.692. The molecule has 106 valence electrons. The highest BCUT2D eigenvalue weighted by atomic mass is 35.5. The van der Waals surface area contributed by atoms with E-state index >= 15 is 0 Å². The standard InChI is InChI=1S/C13H20ClN3O2/c1-3-18-9-12-15-11(14)8-13(16-12)19-7-6-17(2)10-4-5-10/h8,10H,3-7,9H2,1-2H3. The molecule has 0 spiro atoms. The normalized spacial score (nSPS) is 14.9. The highest BCUT2D eigenvalue weighted by Gasteiger charge is 2.25. The molecular formula is C13H20ClN3O2. The van der Waals surface area contributed by atoms with E-state index in [-0.39, 0.29) is 0 Å². The van der Waals surface area contributed by atoms with E-state index < -0.39 is 0 Å². The van der Waals surface area contributed by atoms with Gasteiger partial charge < -0.3 is 14.4 Å². The lowest BCUT2D eigenvalue weighted by molar-refractivity contribution is 0.127. The van der Waals surface area contributed by atoms with E-state index in [0.29, 0.717) is 36.7 Å². The molecule has 1 aliphatic rings. The Kier molecular flexibility index (Phi) is 5.36. The Bertz CT molecular complexity index is 413. The fourth-order valence-corrected chi connectivity index (χ4v) is 1.96. The first-order chi connectivity index (χ1) is 9.19. The number of halogens is 1. The Labute approximate surface area is 118 Å². The maximum Gasteiger partial charge on any atom is 0.218 e. The number of hydrogen-bond acceptors (Lipinski definition) is 5. The molecule has 0 atom stereocenters. The van der Waals surface area contributed by atoms with Crippen LogP contribution in [0.4, 0.5) is 0 Å². The molecule has 0 bridgehead atoms. The predicted molar refractivity (Wildman–Crippen MR) is 73.5 cm³/mol. The van der Waals surface area contributed by atoms with E-state index in [9.17, 15) is 0 Å². The SMILES string of the molecule is CCOCc1nc(Cl)cc(OCCN(C)C2CC2)n1. The van der Waals surface area contributed by atoms with Crippen LogP contribution < -0.4 is 4.74 Å². The average Bonchev–Trinajstić information content (AvgIpc) is 3.20. The summed E-state index contributed by atoms with van der Waals surface area (Å²) in [6, 6.07) is 2.37. The Balaban J connectivity index is 1.82. The van der Waals surface area contributed by atoms with Crippen molar-refractivity contribution in [1.82, 2.24) is 14.9 Å². The van der Waals surface area contributed by atoms with Crippen LogP contribution in [0.15, 0.2) is 6.07 Å². The van der Waals surface area contributed by atoms with Crippen molar-refractivity contribution in [3.8, 4) is 5.88 Å². The van der Waals surface area contributed by atoms with Crippen molar-refractivity contribution in [2.24, 2.45) is 0 Å². The third-order valence-electron chi connectivity index (χ3n) is 3.02. The highest BCUT2D eigenvalue weighted by Crippen LogP contribution is 2.24. The minimum atomic E-state index is 0.357. The molecule has 1 heterocycles. The van der Waals surface area contributed by atoms with Crippen LogP contribution in [0.2, 0.25) is 5.15 Å². The van der Waals surface area contributed by atoms with Crippen molar-refractivity contribution in [3.05, 3.63) is 17.0 Å². The van der Waals surface area contributed by atoms with Crippen molar-refractivity contribution in [1.29, 1.82) is 0 Å². The second kappa shape index (κ2) is 7.03. The van der Waals surface area contributed by atoms with E-state index in [0.717, 1.165) is 12.6 Å². The van der Waals surface area contributed by atoms with Crippen molar-refractivity contribution < 1.29 is 9.47 Å². The number of ether oxygens (including phenoxy) is 2. The van der Waals surface area contributed by atoms with Gasteiger partial charge in [0.05, 0.1) is 0 Å². The van der Waals surface area contributed by atoms with Crippen LogP contribution in [-0.2, 0) is 11.3 Å². The molecular weight excluding hydrogens is 266 g/mol. The first kappa shape index (κ1) is 14.5. The van der Waals surface area contributed by atoms with Gasteiger partial charge in [-0.25, -0.2) is 4.98 Å². The van der Waals surface area contributed by atoms with Gasteiger partial charge in [-0.2, -0.15) is 4.98 Å². The van der Waals surface area contributed by atoms with Gasteiger partial charge >= 0.3 is 0 Å². The summed E-state index contributed by atoms with van der Waals surface area (Å²) in [5.74, 6) is 1.07. The van der Waals surface area contributed by atoms with Gasteiger partial charge in [0.1, 0.15) is 18.4 Å². The zero-order valence-corrected chi connectivity index (χ0v) is 12.2. The largest absolute Gasteiger partial charge is 0.476 e. The molecule has 1 aromatic heterocycles. The highest BCUT2D eigenvalue weighted by molar-refractivity contribution is 6.29. The number of hydrogen-bond donors (Lipinski definition) is 0. The molecule has 1 saturated carbocycles. The van der Waals surface area contributed by atoms with Crippen molar-refractivity contribution in [2.45, 2.75) is 32.4 Å². The minimum Gasteiger partial charge on any atom is -0.476 e. The molecule has 0 unspecified atom stereocenters. The summed E-state index contributed by atoms with van der Waals surface area (Å²) in [5, 5.41) is 0.384. The first-order valence-electron chi connectivity index (χ1n) is 6.63. The molecule has 5 nitrogen and oxygen atoms in total. The van der Waals surface area contributed by atoms with Crippen LogP contribution in [0.25, 0.3) is 0 Å². The smallest absolute Gasteiger partial charge is 0.218 e. The average molecular weight is 286 g/mol. The molecule has 2 rings (SSSR count). The van der Waals surface area contributed by atoms with E-state index in [1.165, 1.54) is 12.8 Å². The summed E-state index contributed by atoms with van der Waals surface area (Å²) in [7, 11) is 2.12. The molecule has 19 heavy (non-hydrogen) atoms. The Morgan fingerprint density at radius 3 is 2.89 bits per heavy atom. The van der Waals surface area contributed by atoms with Crippen LogP contribution in [0.5, 0.6) is 5.88 Å². The van der Waals surface area contributed by atoms with E-state index in [1.807, 2.05) is 6.92 Å². The van der Waals surface area contributed by atoms with Gasteiger partial charge in [0, 0.05) is 25.3 Å². The molecule has 1 fully saturated rings. The van der Waals surface area contributed by atoms with Gasteiger partial charge in [0.25, 0.3) is 0 Å². The lowest BCUT2D eigenvalue weighted by Crippen LogP contribution is -2.26. The zero-order chi connectivity index (χ0) is 13.7. The lowest BCUT2D eigenvalue weighted by atomic mass is 10.5. The van der Waals surface area contributed by atoms with Crippen LogP contribution in [-0.4, -0.2) is 47.7 Å². The molecule has 0 aromatic carbocycles. The quantitative estimate of drug-likeness (QED) is 0.685. The topological polar surface area (TPSA) is 47.5 Å². The van der Waals surface area contributed by atoms with Gasteiger partial charge in [0.2, 0.25) is 5.88 Å². The summed E-state index contributed by atoms with van der Waals surface area (Å²) >= 11 is 5.93. The maximum absolute atomic E-state index is 5.93. The summed E-state index contributed by atoms with van der Waals surface area (Å²) in [5.41, 5.74) is 0. The predicted octanol–water partition coefficient (Wildman–Crippen LogP) is 2.14. The van der Waals surface area contributed by atoms with Crippen LogP contribution >= 0.6 is 11.6 Å². The second-order valence-electron chi connectivity index (χ2n) is 4.64. The van der Waals surface area contributed by atoms with Crippen molar-refractivity contribution in [3.63, 3.8) is 0 Å². The minimum absolute atomic E-state index is 0.357. The van der Waals surface area contributed by atoms with Crippen molar-refractivity contribution in [2.75, 3.05) is 26.8 Å². The molecule has 0 N–H and O–H groups in total. The number of likely N-dealkylation sites (N-methyl/N-ethyl adjacent to an activating group) is 1. The summed E-state index contributed by atoms with van der Waals surface area (Å²) < 4.78 is 10.9. The number of rotatable bonds is 8. The Morgan fingerprint density at radius 1 is 1.42 bits per heavy atom. The second-order valence-corrected chi connectivity index (χ2v) is 5.03. The molecule has 6 heteroatoms. The summed E-state index contributed by atoms with van der Waals surface area (Å²) in [6.45, 7) is 4.41. The van der Waals surface area contributed by atoms with Crippen LogP contribution in [0.1, 0.15) is 25.6 Å². The molecule has 0 amide bonds. The van der Waals surface area contributed by atoms with Gasteiger partial charge in [0.15, 0.2) is 5.82 Å². The van der Waals surface area contributed by atoms with Gasteiger partial charge in [-0.3, -0.25) is 0 Å². The third-order valence-corrected chi connectivity index (χ3v) is 3.21. The number of nitrogens with zero attached hydrogens (tertiary/aromatic N) is 3. The molecule has 0 aliphatic heterocycles. The Hall–Kier alpha value is -0.910. The maximum atomic E-state index is 5.93. The van der Waals surface area contributed by atoms with Gasteiger partial charge in [-0.05, 0) is 26.8 Å². The Morgan fingerprint density at radius 2 is 2.21 bits per heavy atom. The zero-order valence-electron chi connectivity index (χ0n) is 11.4.